The van der Waals surface area contributed by atoms with E-state index in [9.17, 15) is 24.3 Å². The van der Waals surface area contributed by atoms with Crippen LogP contribution in [0.1, 0.15) is 68.2 Å². The number of ether oxygens (including phenoxy) is 2. The van der Waals surface area contributed by atoms with Crippen molar-refractivity contribution in [3.63, 3.8) is 0 Å². The van der Waals surface area contributed by atoms with Gasteiger partial charge >= 0.3 is 0 Å². The molecule has 3 aromatic heterocycles. The zero-order valence-corrected chi connectivity index (χ0v) is 41.3. The van der Waals surface area contributed by atoms with Crippen molar-refractivity contribution in [1.29, 1.82) is 0 Å². The topological polar surface area (TPSA) is 210 Å². The third kappa shape index (κ3) is 13.6. The molecule has 16 nitrogen and oxygen atoms in total. The molecule has 1 aliphatic rings. The molecule has 0 aliphatic carbocycles. The van der Waals surface area contributed by atoms with Gasteiger partial charge in [-0.2, -0.15) is 0 Å². The van der Waals surface area contributed by atoms with Crippen molar-refractivity contribution < 1.29 is 33.8 Å². The number of carbonyl (C=O) groups is 4. The SMILES string of the molecule is Cc1ncsc1-c1ccc(C(C)NC(=O)[C@@H]2C[C@@H](O)CN2C(=O)C(NC(=O)CCOCCOCCNC(=O)c2cncc(Nc3ncc(Cl)c(-c4cccc(-c5ccccc5)c4)n3)c2)C(C)(C)C)cc1. The number of hydrogen-bond donors (Lipinski definition) is 5. The van der Waals surface area contributed by atoms with Crippen LogP contribution >= 0.6 is 22.9 Å². The highest BCUT2D eigenvalue weighted by Crippen LogP contribution is 2.32. The summed E-state index contributed by atoms with van der Waals surface area (Å²) in [6, 6.07) is 25.3. The number of thiazole rings is 1. The van der Waals surface area contributed by atoms with E-state index in [1.54, 1.807) is 23.6 Å². The zero-order valence-electron chi connectivity index (χ0n) is 39.8. The van der Waals surface area contributed by atoms with Crippen LogP contribution < -0.4 is 21.3 Å². The number of pyridine rings is 1. The van der Waals surface area contributed by atoms with E-state index in [1.165, 1.54) is 17.3 Å². The van der Waals surface area contributed by atoms with Crippen LogP contribution in [-0.4, -0.2) is 111 Å². The van der Waals surface area contributed by atoms with Crippen molar-refractivity contribution in [2.45, 2.75) is 71.7 Å². The third-order valence-electron chi connectivity index (χ3n) is 11.7. The number of benzene rings is 3. The molecule has 7 rings (SSSR count). The smallest absolute Gasteiger partial charge is 0.253 e. The van der Waals surface area contributed by atoms with Crippen molar-refractivity contribution in [2.24, 2.45) is 5.41 Å². The number of halogens is 1. The lowest BCUT2D eigenvalue weighted by atomic mass is 9.85. The van der Waals surface area contributed by atoms with Gasteiger partial charge in [-0.05, 0) is 53.6 Å². The summed E-state index contributed by atoms with van der Waals surface area (Å²) < 4.78 is 11.3. The van der Waals surface area contributed by atoms with Gasteiger partial charge in [0.2, 0.25) is 23.7 Å². The van der Waals surface area contributed by atoms with Crippen LogP contribution in [0.5, 0.6) is 0 Å². The van der Waals surface area contributed by atoms with E-state index in [2.05, 4.69) is 41.2 Å². The maximum absolute atomic E-state index is 14.1. The molecule has 5 N–H and O–H groups in total. The van der Waals surface area contributed by atoms with Crippen LogP contribution in [0.15, 0.2) is 109 Å². The van der Waals surface area contributed by atoms with Gasteiger partial charge in [0, 0.05) is 37.7 Å². The number of aryl methyl sites for hydroxylation is 1. The first kappa shape index (κ1) is 51.2. The summed E-state index contributed by atoms with van der Waals surface area (Å²) in [5.41, 5.74) is 8.29. The van der Waals surface area contributed by atoms with Crippen molar-refractivity contribution in [3.05, 3.63) is 131 Å². The first-order valence-corrected chi connectivity index (χ1v) is 24.3. The number of hydrogen-bond acceptors (Lipinski definition) is 13. The van der Waals surface area contributed by atoms with Crippen LogP contribution in [0.2, 0.25) is 5.02 Å². The Morgan fingerprint density at radius 2 is 1.59 bits per heavy atom. The van der Waals surface area contributed by atoms with Gasteiger partial charge in [-0.15, -0.1) is 11.3 Å². The average molecular weight is 989 g/mol. The number of nitrogens with zero attached hydrogens (tertiary/aromatic N) is 5. The molecule has 4 atom stereocenters. The predicted molar refractivity (Wildman–Crippen MR) is 270 cm³/mol. The van der Waals surface area contributed by atoms with E-state index in [1.807, 2.05) is 119 Å². The van der Waals surface area contributed by atoms with Crippen molar-refractivity contribution in [1.82, 2.24) is 40.8 Å². The lowest BCUT2D eigenvalue weighted by Crippen LogP contribution is -2.58. The molecule has 18 heteroatoms. The Balaban J connectivity index is 0.807. The quantitative estimate of drug-likeness (QED) is 0.0470. The number of likely N-dealkylation sites (tertiary alicyclic amines) is 1. The molecule has 0 spiro atoms. The van der Waals surface area contributed by atoms with E-state index in [4.69, 9.17) is 21.1 Å². The summed E-state index contributed by atoms with van der Waals surface area (Å²) in [5.74, 6) is -1.28. The second kappa shape index (κ2) is 23.8. The van der Waals surface area contributed by atoms with Crippen LogP contribution in [0.4, 0.5) is 11.6 Å². The van der Waals surface area contributed by atoms with E-state index >= 15 is 0 Å². The molecule has 70 heavy (non-hydrogen) atoms. The highest BCUT2D eigenvalue weighted by molar-refractivity contribution is 7.13. The zero-order chi connectivity index (χ0) is 49.8. The number of rotatable bonds is 20. The molecule has 4 amide bonds. The van der Waals surface area contributed by atoms with Gasteiger partial charge in [0.25, 0.3) is 5.91 Å². The third-order valence-corrected chi connectivity index (χ3v) is 12.9. The lowest BCUT2D eigenvalue weighted by molar-refractivity contribution is -0.144. The minimum Gasteiger partial charge on any atom is -0.391 e. The summed E-state index contributed by atoms with van der Waals surface area (Å²) in [5, 5.41) is 22.8. The molecule has 366 valence electrons. The Morgan fingerprint density at radius 3 is 2.31 bits per heavy atom. The minimum atomic E-state index is -0.964. The normalized spacial score (nSPS) is 15.5. The maximum atomic E-state index is 14.1. The number of aliphatic hydroxyl groups is 1. The summed E-state index contributed by atoms with van der Waals surface area (Å²) in [6.07, 6.45) is 3.72. The number of amides is 4. The molecule has 0 saturated carbocycles. The molecule has 6 aromatic rings. The molecule has 1 fully saturated rings. The number of carbonyl (C=O) groups excluding carboxylic acids is 4. The largest absolute Gasteiger partial charge is 0.391 e. The second-order valence-corrected chi connectivity index (χ2v) is 19.3. The van der Waals surface area contributed by atoms with E-state index in [0.717, 1.165) is 38.4 Å². The summed E-state index contributed by atoms with van der Waals surface area (Å²) in [6.45, 7) is 10.2. The highest BCUT2D eigenvalue weighted by atomic mass is 35.5. The van der Waals surface area contributed by atoms with Gasteiger partial charge in [-0.25, -0.2) is 15.0 Å². The first-order valence-electron chi connectivity index (χ1n) is 23.1. The van der Waals surface area contributed by atoms with Crippen LogP contribution in [-0.2, 0) is 23.9 Å². The molecule has 1 aliphatic heterocycles. The Labute approximate surface area is 416 Å². The summed E-state index contributed by atoms with van der Waals surface area (Å²) >= 11 is 8.10. The fourth-order valence-electron chi connectivity index (χ4n) is 7.94. The molecular weight excluding hydrogens is 930 g/mol. The van der Waals surface area contributed by atoms with Crippen molar-refractivity contribution >= 4 is 58.2 Å². The molecule has 2 unspecified atom stereocenters. The molecule has 0 bridgehead atoms. The lowest BCUT2D eigenvalue weighted by Gasteiger charge is -2.35. The fourth-order valence-corrected chi connectivity index (χ4v) is 8.95. The molecule has 4 heterocycles. The standard InChI is InChI=1S/C52H58ClN9O7S/c1-32(34-14-16-36(17-15-34)46-33(2)57-31-70-46)58-49(66)43-26-41(63)30-62(43)50(67)47(52(3,4)5)60-44(64)18-20-68-22-23-69-21-19-55-48(65)39-25-40(28-54-27-39)59-51-56-29-42(53)45(61-51)38-13-9-12-37(24-38)35-10-7-6-8-11-35/h6-17,24-25,27-29,31-32,41,43,47,63H,18-23,26,30H2,1-5H3,(H,55,65)(H,58,66)(H,60,64)(H,56,59,61)/t32?,41-,43+,47?/m1/s1. The number of nitrogens with one attached hydrogen (secondary N) is 4. The van der Waals surface area contributed by atoms with Crippen molar-refractivity contribution in [2.75, 3.05) is 44.8 Å². The Kier molecular flexibility index (Phi) is 17.4. The average Bonchev–Trinajstić information content (AvgIpc) is 3.98. The Bertz CT molecular complexity index is 2750. The summed E-state index contributed by atoms with van der Waals surface area (Å²) in [4.78, 5) is 73.8. The second-order valence-electron chi connectivity index (χ2n) is 18.0. The first-order chi connectivity index (χ1) is 33.6. The Morgan fingerprint density at radius 1 is 0.857 bits per heavy atom. The predicted octanol–water partition coefficient (Wildman–Crippen LogP) is 7.56. The minimum absolute atomic E-state index is 0.0167. The fraction of sp³-hybridized carbons (Fsp3) is 0.346. The molecule has 1 saturated heterocycles. The highest BCUT2D eigenvalue weighted by Gasteiger charge is 2.44. The van der Waals surface area contributed by atoms with E-state index in [-0.39, 0.29) is 76.2 Å². The van der Waals surface area contributed by atoms with Gasteiger partial charge in [0.15, 0.2) is 0 Å². The van der Waals surface area contributed by atoms with Gasteiger partial charge in [0.1, 0.15) is 12.1 Å². The van der Waals surface area contributed by atoms with Gasteiger partial charge < -0.3 is 40.7 Å². The van der Waals surface area contributed by atoms with Crippen LogP contribution in [0, 0.1) is 12.3 Å². The number of β-amino-alcohol motifs (C(OH)–C–C–N with tert-alkyl or cyclic N) is 1. The molecule has 3 aromatic carbocycles. The maximum Gasteiger partial charge on any atom is 0.253 e. The Hall–Kier alpha value is -6.63. The van der Waals surface area contributed by atoms with E-state index in [0.29, 0.717) is 22.0 Å². The number of aromatic nitrogens is 4. The van der Waals surface area contributed by atoms with Crippen LogP contribution in [0.25, 0.3) is 32.8 Å². The van der Waals surface area contributed by atoms with E-state index < -0.39 is 35.4 Å². The van der Waals surface area contributed by atoms with Gasteiger partial charge in [-0.3, -0.25) is 24.2 Å². The summed E-state index contributed by atoms with van der Waals surface area (Å²) in [7, 11) is 0. The number of anilines is 2. The molecular formula is C52H58ClN9O7S. The van der Waals surface area contributed by atoms with Gasteiger partial charge in [0.05, 0.1) is 89.0 Å². The monoisotopic (exact) mass is 987 g/mol. The van der Waals surface area contributed by atoms with Gasteiger partial charge in [-0.1, -0.05) is 105 Å². The van der Waals surface area contributed by atoms with Crippen LogP contribution in [0.3, 0.4) is 0 Å². The van der Waals surface area contributed by atoms with Crippen molar-refractivity contribution in [3.8, 4) is 32.8 Å². The number of aliphatic hydroxyl groups excluding tert-OH is 1. The molecule has 0 radical (unpaired) electrons.